The van der Waals surface area contributed by atoms with E-state index in [0.29, 0.717) is 31.8 Å². The average molecular weight is 299 g/mol. The predicted molar refractivity (Wildman–Crippen MR) is 78.9 cm³/mol. The van der Waals surface area contributed by atoms with Crippen molar-refractivity contribution in [1.29, 1.82) is 0 Å². The molecule has 1 aromatic heterocycles. The van der Waals surface area contributed by atoms with Crippen LogP contribution in [0, 0.1) is 5.92 Å². The zero-order valence-electron chi connectivity index (χ0n) is 12.0. The monoisotopic (exact) mass is 299 g/mol. The van der Waals surface area contributed by atoms with Crippen molar-refractivity contribution in [2.24, 2.45) is 5.92 Å². The third kappa shape index (κ3) is 3.13. The summed E-state index contributed by atoms with van der Waals surface area (Å²) in [5.41, 5.74) is 0.946. The molecule has 0 spiro atoms. The number of nitrogens with one attached hydrogen (secondary N) is 2. The minimum atomic E-state index is -0.175. The fourth-order valence-corrected chi connectivity index (χ4v) is 2.45. The molecule has 0 saturated carbocycles. The summed E-state index contributed by atoms with van der Waals surface area (Å²) in [4.78, 5) is 23.2. The lowest BCUT2D eigenvalue weighted by Crippen LogP contribution is -2.42. The largest absolute Gasteiger partial charge is 0.355 e. The molecule has 2 aromatic rings. The van der Waals surface area contributed by atoms with E-state index in [1.807, 2.05) is 34.9 Å². The normalized spacial score (nSPS) is 17.8. The molecule has 1 aliphatic rings. The number of hydrogen-bond acceptors (Lipinski definition) is 4. The van der Waals surface area contributed by atoms with Crippen LogP contribution in [0.5, 0.6) is 0 Å². The van der Waals surface area contributed by atoms with Gasteiger partial charge in [0.05, 0.1) is 12.5 Å². The Kier molecular flexibility index (Phi) is 4.13. The number of nitrogens with zero attached hydrogens (tertiary/aromatic N) is 3. The molecule has 1 aromatic carbocycles. The predicted octanol–water partition coefficient (Wildman–Crippen LogP) is 0.410. The molecule has 0 unspecified atom stereocenters. The fourth-order valence-electron chi connectivity index (χ4n) is 2.45. The van der Waals surface area contributed by atoms with Gasteiger partial charge in [0.25, 0.3) is 0 Å². The molecular formula is C15H17N5O2. The SMILES string of the molecule is O=C1CC[C@@H](C(=O)NCc2nncn2-c2ccccc2)CN1. The van der Waals surface area contributed by atoms with Crippen LogP contribution in [0.15, 0.2) is 36.7 Å². The van der Waals surface area contributed by atoms with Gasteiger partial charge in [-0.05, 0) is 18.6 Å². The minimum Gasteiger partial charge on any atom is -0.355 e. The van der Waals surface area contributed by atoms with Crippen LogP contribution in [-0.2, 0) is 16.1 Å². The van der Waals surface area contributed by atoms with Crippen molar-refractivity contribution < 1.29 is 9.59 Å². The molecule has 7 nitrogen and oxygen atoms in total. The molecule has 0 bridgehead atoms. The van der Waals surface area contributed by atoms with Gasteiger partial charge in [-0.15, -0.1) is 10.2 Å². The Bertz CT molecular complexity index is 658. The van der Waals surface area contributed by atoms with Crippen molar-refractivity contribution in [2.45, 2.75) is 19.4 Å². The highest BCUT2D eigenvalue weighted by Gasteiger charge is 2.24. The summed E-state index contributed by atoms with van der Waals surface area (Å²) in [5, 5.41) is 13.5. The van der Waals surface area contributed by atoms with Crippen molar-refractivity contribution in [1.82, 2.24) is 25.4 Å². The minimum absolute atomic E-state index is 0.00729. The molecule has 0 aliphatic carbocycles. The number of aromatic nitrogens is 3. The molecule has 22 heavy (non-hydrogen) atoms. The number of rotatable bonds is 4. The molecule has 3 rings (SSSR count). The smallest absolute Gasteiger partial charge is 0.225 e. The molecule has 1 saturated heterocycles. The molecule has 7 heteroatoms. The van der Waals surface area contributed by atoms with Gasteiger partial charge in [-0.2, -0.15) is 0 Å². The number of carbonyl (C=O) groups excluding carboxylic acids is 2. The summed E-state index contributed by atoms with van der Waals surface area (Å²) in [7, 11) is 0. The number of piperidine rings is 1. The first-order valence-electron chi connectivity index (χ1n) is 7.23. The van der Waals surface area contributed by atoms with E-state index >= 15 is 0 Å². The Balaban J connectivity index is 1.62. The van der Waals surface area contributed by atoms with E-state index in [2.05, 4.69) is 20.8 Å². The second kappa shape index (κ2) is 6.38. The summed E-state index contributed by atoms with van der Waals surface area (Å²) in [6.07, 6.45) is 2.61. The Morgan fingerprint density at radius 3 is 2.91 bits per heavy atom. The fraction of sp³-hybridized carbons (Fsp3) is 0.333. The van der Waals surface area contributed by atoms with Crippen LogP contribution < -0.4 is 10.6 Å². The van der Waals surface area contributed by atoms with Gasteiger partial charge in [-0.25, -0.2) is 0 Å². The highest BCUT2D eigenvalue weighted by Crippen LogP contribution is 2.12. The third-order valence-electron chi connectivity index (χ3n) is 3.71. The van der Waals surface area contributed by atoms with Gasteiger partial charge in [0.2, 0.25) is 11.8 Å². The number of hydrogen-bond donors (Lipinski definition) is 2. The Hall–Kier alpha value is -2.70. The summed E-state index contributed by atoms with van der Waals surface area (Å²) < 4.78 is 1.84. The van der Waals surface area contributed by atoms with E-state index in [1.165, 1.54) is 0 Å². The van der Waals surface area contributed by atoms with Crippen molar-refractivity contribution in [2.75, 3.05) is 6.54 Å². The lowest BCUT2D eigenvalue weighted by Gasteiger charge is -2.21. The Labute approximate surface area is 127 Å². The molecule has 1 aliphatic heterocycles. The van der Waals surface area contributed by atoms with Crippen LogP contribution in [0.25, 0.3) is 5.69 Å². The van der Waals surface area contributed by atoms with E-state index in [0.717, 1.165) is 5.69 Å². The highest BCUT2D eigenvalue weighted by atomic mass is 16.2. The quantitative estimate of drug-likeness (QED) is 0.856. The number of para-hydroxylation sites is 1. The molecule has 0 radical (unpaired) electrons. The summed E-state index contributed by atoms with van der Waals surface area (Å²) in [5.74, 6) is 0.431. The van der Waals surface area contributed by atoms with Crippen LogP contribution in [0.1, 0.15) is 18.7 Å². The van der Waals surface area contributed by atoms with Gasteiger partial charge >= 0.3 is 0 Å². The Morgan fingerprint density at radius 2 is 2.18 bits per heavy atom. The molecule has 114 valence electrons. The second-order valence-corrected chi connectivity index (χ2v) is 5.21. The van der Waals surface area contributed by atoms with E-state index in [4.69, 9.17) is 0 Å². The molecule has 1 atom stereocenters. The van der Waals surface area contributed by atoms with Crippen molar-refractivity contribution in [3.05, 3.63) is 42.5 Å². The van der Waals surface area contributed by atoms with Crippen molar-refractivity contribution in [3.63, 3.8) is 0 Å². The van der Waals surface area contributed by atoms with Crippen LogP contribution in [0.3, 0.4) is 0 Å². The van der Waals surface area contributed by atoms with E-state index < -0.39 is 0 Å². The van der Waals surface area contributed by atoms with Crippen LogP contribution >= 0.6 is 0 Å². The maximum Gasteiger partial charge on any atom is 0.225 e. The van der Waals surface area contributed by atoms with Gasteiger partial charge in [-0.3, -0.25) is 14.2 Å². The molecule has 2 N–H and O–H groups in total. The van der Waals surface area contributed by atoms with E-state index in [-0.39, 0.29) is 17.7 Å². The van der Waals surface area contributed by atoms with Gasteiger partial charge in [-0.1, -0.05) is 18.2 Å². The van der Waals surface area contributed by atoms with Crippen molar-refractivity contribution in [3.8, 4) is 5.69 Å². The van der Waals surface area contributed by atoms with Crippen LogP contribution in [-0.4, -0.2) is 33.1 Å². The van der Waals surface area contributed by atoms with E-state index in [1.54, 1.807) is 6.33 Å². The third-order valence-corrected chi connectivity index (χ3v) is 3.71. The zero-order valence-corrected chi connectivity index (χ0v) is 12.0. The highest BCUT2D eigenvalue weighted by molar-refractivity contribution is 5.83. The summed E-state index contributed by atoms with van der Waals surface area (Å²) in [6, 6.07) is 9.70. The average Bonchev–Trinajstić information content (AvgIpc) is 3.02. The van der Waals surface area contributed by atoms with Gasteiger partial charge in [0.1, 0.15) is 6.33 Å². The first-order chi connectivity index (χ1) is 10.7. The zero-order chi connectivity index (χ0) is 15.4. The molecule has 2 amide bonds. The first-order valence-corrected chi connectivity index (χ1v) is 7.23. The standard InChI is InChI=1S/C15H17N5O2/c21-14-7-6-11(8-16-14)15(22)17-9-13-19-18-10-20(13)12-4-2-1-3-5-12/h1-5,10-11H,6-9H2,(H,16,21)(H,17,22)/t11-/m1/s1. The second-order valence-electron chi connectivity index (χ2n) is 5.21. The lowest BCUT2D eigenvalue weighted by atomic mass is 9.98. The van der Waals surface area contributed by atoms with Gasteiger partial charge < -0.3 is 10.6 Å². The molecule has 2 heterocycles. The van der Waals surface area contributed by atoms with Crippen molar-refractivity contribution >= 4 is 11.8 Å². The number of amides is 2. The van der Waals surface area contributed by atoms with Crippen LogP contribution in [0.2, 0.25) is 0 Å². The lowest BCUT2D eigenvalue weighted by molar-refractivity contribution is -0.129. The summed E-state index contributed by atoms with van der Waals surface area (Å²) in [6.45, 7) is 0.703. The van der Waals surface area contributed by atoms with E-state index in [9.17, 15) is 9.59 Å². The summed E-state index contributed by atoms with van der Waals surface area (Å²) >= 11 is 0. The topological polar surface area (TPSA) is 88.9 Å². The number of carbonyl (C=O) groups is 2. The molecule has 1 fully saturated rings. The maximum atomic E-state index is 12.1. The molecular weight excluding hydrogens is 282 g/mol. The van der Waals surface area contributed by atoms with Crippen LogP contribution in [0.4, 0.5) is 0 Å². The van der Waals surface area contributed by atoms with Gasteiger partial charge in [0, 0.05) is 18.7 Å². The maximum absolute atomic E-state index is 12.1. The van der Waals surface area contributed by atoms with Gasteiger partial charge in [0.15, 0.2) is 5.82 Å². The first kappa shape index (κ1) is 14.2. The Morgan fingerprint density at radius 1 is 1.36 bits per heavy atom. The number of benzene rings is 1.